The Kier molecular flexibility index (Phi) is 46.3. The van der Waals surface area contributed by atoms with E-state index in [9.17, 15) is 19.5 Å². The molecule has 8 nitrogen and oxygen atoms in total. The van der Waals surface area contributed by atoms with Gasteiger partial charge in [-0.2, -0.15) is 0 Å². The standard InChI is InChI=1S/C58H103NO7/c1-6-8-10-12-14-16-18-20-22-24-26-27-28-29-31-33-35-37-39-41-43-45-47-49-57(61)66-54(52-64-51-50-55(58(62)63)59(3,4)5)53-65-56(60)48-46-44-42-40-38-36-34-32-30-25-23-21-19-17-15-13-11-9-7-2/h8,10,14,16,20,22,26-27,29,31,54-55H,6-7,9,11-13,15,17-19,21,23-25,28,30,32-53H2,1-5H3/p+1/b10-8+,16-14+,22-20+,27-26+,31-29+. The first-order chi connectivity index (χ1) is 32.1. The highest BCUT2D eigenvalue weighted by Gasteiger charge is 2.31. The van der Waals surface area contributed by atoms with Gasteiger partial charge in [-0.25, -0.2) is 4.79 Å². The minimum atomic E-state index is -0.876. The fourth-order valence-electron chi connectivity index (χ4n) is 8.00. The van der Waals surface area contributed by atoms with E-state index in [1.165, 1.54) is 122 Å². The molecule has 382 valence electrons. The summed E-state index contributed by atoms with van der Waals surface area (Å²) in [7, 11) is 5.54. The lowest BCUT2D eigenvalue weighted by Gasteiger charge is -2.31. The molecule has 0 fully saturated rings. The van der Waals surface area contributed by atoms with Crippen LogP contribution in [0.15, 0.2) is 60.8 Å². The van der Waals surface area contributed by atoms with E-state index < -0.39 is 18.1 Å². The van der Waals surface area contributed by atoms with E-state index in [1.807, 2.05) is 21.1 Å². The van der Waals surface area contributed by atoms with Crippen molar-refractivity contribution in [2.45, 2.75) is 251 Å². The van der Waals surface area contributed by atoms with Crippen molar-refractivity contribution in [2.75, 3.05) is 41.0 Å². The molecule has 0 aromatic heterocycles. The average molecular weight is 927 g/mol. The van der Waals surface area contributed by atoms with Crippen molar-refractivity contribution in [2.24, 2.45) is 0 Å². The summed E-state index contributed by atoms with van der Waals surface area (Å²) in [6, 6.07) is -0.619. The van der Waals surface area contributed by atoms with Crippen LogP contribution >= 0.6 is 0 Å². The number of aliphatic carboxylic acids is 1. The molecule has 2 unspecified atom stereocenters. The second-order valence-corrected chi connectivity index (χ2v) is 19.5. The quantitative estimate of drug-likeness (QED) is 0.0281. The van der Waals surface area contributed by atoms with Crippen LogP contribution in [0, 0.1) is 0 Å². The molecule has 0 aliphatic rings. The summed E-state index contributed by atoms with van der Waals surface area (Å²) in [4.78, 5) is 37.2. The van der Waals surface area contributed by atoms with Gasteiger partial charge in [-0.1, -0.05) is 222 Å². The van der Waals surface area contributed by atoms with E-state index in [-0.39, 0.29) is 36.2 Å². The topological polar surface area (TPSA) is 99.1 Å². The van der Waals surface area contributed by atoms with Crippen molar-refractivity contribution < 1.29 is 38.2 Å². The molecule has 0 radical (unpaired) electrons. The Labute approximate surface area is 407 Å². The lowest BCUT2D eigenvalue weighted by molar-refractivity contribution is -0.887. The van der Waals surface area contributed by atoms with Gasteiger partial charge in [0.15, 0.2) is 12.1 Å². The molecule has 0 saturated heterocycles. The number of rotatable bonds is 49. The van der Waals surface area contributed by atoms with E-state index in [1.54, 1.807) is 0 Å². The second kappa shape index (κ2) is 48.5. The van der Waals surface area contributed by atoms with E-state index >= 15 is 0 Å². The molecule has 0 aliphatic carbocycles. The number of carbonyl (C=O) groups is 3. The van der Waals surface area contributed by atoms with Crippen molar-refractivity contribution in [3.05, 3.63) is 60.8 Å². The van der Waals surface area contributed by atoms with Crippen LogP contribution in [0.1, 0.15) is 239 Å². The molecule has 2 atom stereocenters. The van der Waals surface area contributed by atoms with E-state index in [0.717, 1.165) is 83.5 Å². The lowest BCUT2D eigenvalue weighted by atomic mass is 10.0. The maximum Gasteiger partial charge on any atom is 0.362 e. The second-order valence-electron chi connectivity index (χ2n) is 19.5. The number of likely N-dealkylation sites (N-methyl/N-ethyl adjacent to an activating group) is 1. The molecule has 1 N–H and O–H groups in total. The first kappa shape index (κ1) is 63.0. The van der Waals surface area contributed by atoms with Crippen molar-refractivity contribution in [1.82, 2.24) is 0 Å². The summed E-state index contributed by atoms with van der Waals surface area (Å²) in [6.45, 7) is 4.64. The van der Waals surface area contributed by atoms with E-state index in [0.29, 0.717) is 19.3 Å². The molecule has 0 spiro atoms. The van der Waals surface area contributed by atoms with E-state index in [2.05, 4.69) is 74.6 Å². The average Bonchev–Trinajstić information content (AvgIpc) is 3.28. The zero-order chi connectivity index (χ0) is 48.4. The predicted octanol–water partition coefficient (Wildman–Crippen LogP) is 16.1. The monoisotopic (exact) mass is 927 g/mol. The van der Waals surface area contributed by atoms with Gasteiger partial charge in [-0.15, -0.1) is 0 Å². The van der Waals surface area contributed by atoms with Crippen LogP contribution in [-0.2, 0) is 28.6 Å². The molecular formula is C58H104NO7+. The van der Waals surface area contributed by atoms with Crippen molar-refractivity contribution in [3.8, 4) is 0 Å². The van der Waals surface area contributed by atoms with Crippen LogP contribution in [0.4, 0.5) is 0 Å². The van der Waals surface area contributed by atoms with Crippen LogP contribution in [0.2, 0.25) is 0 Å². The van der Waals surface area contributed by atoms with Gasteiger partial charge in [-0.05, 0) is 57.8 Å². The molecule has 0 saturated carbocycles. The number of allylic oxidation sites excluding steroid dienone is 10. The van der Waals surface area contributed by atoms with E-state index in [4.69, 9.17) is 14.2 Å². The van der Waals surface area contributed by atoms with Crippen LogP contribution in [0.5, 0.6) is 0 Å². The predicted molar refractivity (Wildman–Crippen MR) is 280 cm³/mol. The highest BCUT2D eigenvalue weighted by atomic mass is 16.6. The van der Waals surface area contributed by atoms with Crippen molar-refractivity contribution in [1.29, 1.82) is 0 Å². The first-order valence-corrected chi connectivity index (χ1v) is 27.3. The maximum absolute atomic E-state index is 12.8. The SMILES string of the molecule is CC/C=C/C/C=C/C/C=C/C/C=C/C/C=C/CCCCCCCCCC(=O)OC(COCCC(C(=O)O)[N+](C)(C)C)COC(=O)CCCCCCCCCCCCCCCCCCCCC. The molecule has 0 aromatic carbocycles. The molecule has 0 amide bonds. The van der Waals surface area contributed by atoms with Gasteiger partial charge in [-0.3, -0.25) is 9.59 Å². The summed E-state index contributed by atoms with van der Waals surface area (Å²) < 4.78 is 17.4. The molecule has 0 rings (SSSR count). The fraction of sp³-hybridized carbons (Fsp3) is 0.776. The molecule has 0 bridgehead atoms. The summed E-state index contributed by atoms with van der Waals surface area (Å²) in [5.74, 6) is -1.47. The summed E-state index contributed by atoms with van der Waals surface area (Å²) in [5.41, 5.74) is 0. The number of carbonyl (C=O) groups excluding carboxylic acids is 2. The van der Waals surface area contributed by atoms with Crippen molar-refractivity contribution in [3.63, 3.8) is 0 Å². The molecule has 8 heteroatoms. The van der Waals surface area contributed by atoms with Crippen molar-refractivity contribution >= 4 is 17.9 Å². The number of esters is 2. The Bertz CT molecular complexity index is 1260. The van der Waals surface area contributed by atoms with Crippen LogP contribution < -0.4 is 0 Å². The number of quaternary nitrogens is 1. The molecule has 0 heterocycles. The minimum absolute atomic E-state index is 0.0546. The van der Waals surface area contributed by atoms with Crippen LogP contribution in [-0.4, -0.2) is 80.6 Å². The van der Waals surface area contributed by atoms with Gasteiger partial charge in [0.05, 0.1) is 34.4 Å². The maximum atomic E-state index is 12.8. The fourth-order valence-corrected chi connectivity index (χ4v) is 8.00. The van der Waals surface area contributed by atoms with Gasteiger partial charge in [0, 0.05) is 19.3 Å². The van der Waals surface area contributed by atoms with Crippen LogP contribution in [0.25, 0.3) is 0 Å². The highest BCUT2D eigenvalue weighted by Crippen LogP contribution is 2.16. The number of hydrogen-bond donors (Lipinski definition) is 1. The largest absolute Gasteiger partial charge is 0.477 e. The van der Waals surface area contributed by atoms with Gasteiger partial charge >= 0.3 is 17.9 Å². The van der Waals surface area contributed by atoms with Gasteiger partial charge in [0.1, 0.15) is 6.61 Å². The zero-order valence-electron chi connectivity index (χ0n) is 43.6. The third-order valence-corrected chi connectivity index (χ3v) is 12.2. The number of nitrogens with zero attached hydrogens (tertiary/aromatic N) is 1. The Balaban J connectivity index is 4.23. The number of carboxylic acids is 1. The summed E-state index contributed by atoms with van der Waals surface area (Å²) in [6.07, 6.45) is 61.3. The number of ether oxygens (including phenoxy) is 3. The number of hydrogen-bond acceptors (Lipinski definition) is 6. The molecule has 0 aliphatic heterocycles. The lowest BCUT2D eigenvalue weighted by Crippen LogP contribution is -2.50. The Morgan fingerprint density at radius 1 is 0.470 bits per heavy atom. The zero-order valence-corrected chi connectivity index (χ0v) is 43.6. The smallest absolute Gasteiger partial charge is 0.362 e. The molecule has 66 heavy (non-hydrogen) atoms. The Hall–Kier alpha value is -2.97. The first-order valence-electron chi connectivity index (χ1n) is 27.3. The number of carboxylic acid groups (broad SMARTS) is 1. The summed E-state index contributed by atoms with van der Waals surface area (Å²) >= 11 is 0. The summed E-state index contributed by atoms with van der Waals surface area (Å²) in [5, 5.41) is 9.67. The normalized spacial score (nSPS) is 13.3. The highest BCUT2D eigenvalue weighted by molar-refractivity contribution is 5.72. The number of unbranched alkanes of at least 4 members (excludes halogenated alkanes) is 25. The third kappa shape index (κ3) is 46.2. The Morgan fingerprint density at radius 2 is 0.848 bits per heavy atom. The molecule has 0 aromatic rings. The Morgan fingerprint density at radius 3 is 1.26 bits per heavy atom. The molecular weight excluding hydrogens is 823 g/mol. The third-order valence-electron chi connectivity index (χ3n) is 12.2. The van der Waals surface area contributed by atoms with Gasteiger partial charge in [0.25, 0.3) is 0 Å². The minimum Gasteiger partial charge on any atom is -0.477 e. The van der Waals surface area contributed by atoms with Crippen LogP contribution in [0.3, 0.4) is 0 Å². The van der Waals surface area contributed by atoms with Gasteiger partial charge < -0.3 is 23.8 Å². The van der Waals surface area contributed by atoms with Gasteiger partial charge in [0.2, 0.25) is 0 Å².